The van der Waals surface area contributed by atoms with Gasteiger partial charge in [0.05, 0.1) is 22.4 Å². The van der Waals surface area contributed by atoms with Crippen molar-refractivity contribution in [2.24, 2.45) is 0 Å². The lowest BCUT2D eigenvalue weighted by atomic mass is 10.1. The van der Waals surface area contributed by atoms with Crippen molar-refractivity contribution < 1.29 is 9.90 Å². The number of anilines is 1. The molecule has 1 aromatic carbocycles. The van der Waals surface area contributed by atoms with Crippen LogP contribution in [-0.4, -0.2) is 40.2 Å². The van der Waals surface area contributed by atoms with Gasteiger partial charge in [0.15, 0.2) is 5.13 Å². The van der Waals surface area contributed by atoms with Crippen LogP contribution < -0.4 is 5.32 Å². The zero-order chi connectivity index (χ0) is 14.0. The molecule has 0 aliphatic heterocycles. The summed E-state index contributed by atoms with van der Waals surface area (Å²) < 4.78 is 1.03. The number of thiazole rings is 1. The third kappa shape index (κ3) is 3.65. The molecule has 0 atom stereocenters. The summed E-state index contributed by atoms with van der Waals surface area (Å²) in [7, 11) is 1.64. The fraction of sp³-hybridized carbons (Fsp3) is 0.385. The van der Waals surface area contributed by atoms with E-state index in [0.29, 0.717) is 5.13 Å². The average molecular weight is 279 g/mol. The number of rotatable bonds is 3. The summed E-state index contributed by atoms with van der Waals surface area (Å²) in [5.41, 5.74) is -0.0485. The molecule has 1 heterocycles. The van der Waals surface area contributed by atoms with Gasteiger partial charge in [-0.15, -0.1) is 0 Å². The zero-order valence-electron chi connectivity index (χ0n) is 11.2. The first kappa shape index (κ1) is 13.8. The Bertz CT molecular complexity index is 556. The van der Waals surface area contributed by atoms with E-state index in [1.54, 1.807) is 20.9 Å². The van der Waals surface area contributed by atoms with Crippen LogP contribution in [0, 0.1) is 0 Å². The molecule has 0 saturated carbocycles. The highest BCUT2D eigenvalue weighted by Gasteiger charge is 2.20. The Morgan fingerprint density at radius 3 is 2.79 bits per heavy atom. The minimum Gasteiger partial charge on any atom is -0.389 e. The minimum atomic E-state index is -0.917. The van der Waals surface area contributed by atoms with E-state index < -0.39 is 5.60 Å². The molecule has 2 N–H and O–H groups in total. The minimum absolute atomic E-state index is 0.254. The van der Waals surface area contributed by atoms with E-state index >= 15 is 0 Å². The van der Waals surface area contributed by atoms with Gasteiger partial charge in [0.2, 0.25) is 0 Å². The van der Waals surface area contributed by atoms with Crippen molar-refractivity contribution in [1.82, 2.24) is 9.88 Å². The Hall–Kier alpha value is -1.66. The number of carbonyl (C=O) groups is 1. The van der Waals surface area contributed by atoms with Gasteiger partial charge in [0.25, 0.3) is 0 Å². The van der Waals surface area contributed by atoms with Crippen molar-refractivity contribution in [1.29, 1.82) is 0 Å². The van der Waals surface area contributed by atoms with Gasteiger partial charge in [0, 0.05) is 7.05 Å². The lowest BCUT2D eigenvalue weighted by Crippen LogP contribution is -2.41. The molecule has 2 aromatic rings. The predicted octanol–water partition coefficient (Wildman–Crippen LogP) is 2.53. The Morgan fingerprint density at radius 1 is 1.47 bits per heavy atom. The maximum Gasteiger partial charge on any atom is 0.323 e. The number of benzene rings is 1. The molecule has 0 fully saturated rings. The molecule has 1 aromatic heterocycles. The monoisotopic (exact) mass is 279 g/mol. The van der Waals surface area contributed by atoms with E-state index in [1.165, 1.54) is 16.2 Å². The number of hydrogen-bond donors (Lipinski definition) is 2. The van der Waals surface area contributed by atoms with Crippen molar-refractivity contribution in [2.75, 3.05) is 18.9 Å². The van der Waals surface area contributed by atoms with Crippen LogP contribution in [0.2, 0.25) is 0 Å². The second-order valence-corrected chi connectivity index (χ2v) is 6.12. The molecule has 2 rings (SSSR count). The van der Waals surface area contributed by atoms with Crippen molar-refractivity contribution in [3.63, 3.8) is 0 Å². The van der Waals surface area contributed by atoms with Crippen LogP contribution in [0.25, 0.3) is 10.2 Å². The summed E-state index contributed by atoms with van der Waals surface area (Å²) in [5, 5.41) is 13.0. The number of carbonyl (C=O) groups excluding carboxylic acids is 1. The lowest BCUT2D eigenvalue weighted by molar-refractivity contribution is 0.0550. The normalized spacial score (nSPS) is 11.6. The molecule has 0 unspecified atom stereocenters. The predicted molar refractivity (Wildman–Crippen MR) is 77.6 cm³/mol. The summed E-state index contributed by atoms with van der Waals surface area (Å²) >= 11 is 1.43. The molecule has 0 aliphatic rings. The van der Waals surface area contributed by atoms with Crippen LogP contribution in [-0.2, 0) is 0 Å². The Morgan fingerprint density at radius 2 is 2.16 bits per heavy atom. The third-order valence-corrected chi connectivity index (χ3v) is 3.43. The SMILES string of the molecule is CN(CC(C)(C)O)C(=O)Nc1nc2ccccc2s1. The van der Waals surface area contributed by atoms with Crippen LogP contribution in [0.1, 0.15) is 13.8 Å². The molecular weight excluding hydrogens is 262 g/mol. The molecule has 0 spiro atoms. The number of urea groups is 1. The van der Waals surface area contributed by atoms with Crippen LogP contribution in [0.4, 0.5) is 9.93 Å². The van der Waals surface area contributed by atoms with Crippen LogP contribution in [0.5, 0.6) is 0 Å². The van der Waals surface area contributed by atoms with Gasteiger partial charge in [0.1, 0.15) is 0 Å². The molecule has 0 bridgehead atoms. The Balaban J connectivity index is 2.06. The van der Waals surface area contributed by atoms with Gasteiger partial charge in [-0.25, -0.2) is 9.78 Å². The summed E-state index contributed by atoms with van der Waals surface area (Å²) in [6, 6.07) is 7.44. The summed E-state index contributed by atoms with van der Waals surface area (Å²) in [6.07, 6.45) is 0. The smallest absolute Gasteiger partial charge is 0.323 e. The second kappa shape index (κ2) is 5.14. The van der Waals surface area contributed by atoms with Crippen LogP contribution in [0.3, 0.4) is 0 Å². The topological polar surface area (TPSA) is 65.5 Å². The zero-order valence-corrected chi connectivity index (χ0v) is 12.0. The maximum atomic E-state index is 11.9. The number of amides is 2. The van der Waals surface area contributed by atoms with Crippen molar-refractivity contribution in [3.8, 4) is 0 Å². The molecule has 2 amide bonds. The van der Waals surface area contributed by atoms with Crippen LogP contribution >= 0.6 is 11.3 Å². The number of likely N-dealkylation sites (N-methyl/N-ethyl adjacent to an activating group) is 1. The number of nitrogens with zero attached hydrogens (tertiary/aromatic N) is 2. The quantitative estimate of drug-likeness (QED) is 0.907. The highest BCUT2D eigenvalue weighted by molar-refractivity contribution is 7.22. The van der Waals surface area contributed by atoms with Gasteiger partial charge < -0.3 is 10.0 Å². The lowest BCUT2D eigenvalue weighted by Gasteiger charge is -2.25. The summed E-state index contributed by atoms with van der Waals surface area (Å²) in [4.78, 5) is 17.7. The first-order valence-electron chi connectivity index (χ1n) is 5.95. The standard InChI is InChI=1S/C13H17N3O2S/c1-13(2,18)8-16(3)12(17)15-11-14-9-6-4-5-7-10(9)19-11/h4-7,18H,8H2,1-3H3,(H,14,15,17). The van der Waals surface area contributed by atoms with E-state index in [4.69, 9.17) is 0 Å². The molecular formula is C13H17N3O2S. The molecule has 19 heavy (non-hydrogen) atoms. The third-order valence-electron chi connectivity index (χ3n) is 2.48. The Kier molecular flexibility index (Phi) is 3.73. The van der Waals surface area contributed by atoms with Gasteiger partial charge in [-0.05, 0) is 26.0 Å². The van der Waals surface area contributed by atoms with Crippen molar-refractivity contribution >= 4 is 32.7 Å². The number of fused-ring (bicyclic) bond motifs is 1. The number of aliphatic hydroxyl groups is 1. The number of para-hydroxylation sites is 1. The highest BCUT2D eigenvalue weighted by Crippen LogP contribution is 2.25. The van der Waals surface area contributed by atoms with Gasteiger partial charge >= 0.3 is 6.03 Å². The van der Waals surface area contributed by atoms with E-state index in [1.807, 2.05) is 24.3 Å². The molecule has 102 valence electrons. The molecule has 0 aliphatic carbocycles. The van der Waals surface area contributed by atoms with E-state index in [9.17, 15) is 9.90 Å². The fourth-order valence-electron chi connectivity index (χ4n) is 1.76. The fourth-order valence-corrected chi connectivity index (χ4v) is 2.62. The van der Waals surface area contributed by atoms with Crippen molar-refractivity contribution in [2.45, 2.75) is 19.4 Å². The van der Waals surface area contributed by atoms with E-state index in [-0.39, 0.29) is 12.6 Å². The average Bonchev–Trinajstić information content (AvgIpc) is 2.68. The summed E-state index contributed by atoms with van der Waals surface area (Å²) in [6.45, 7) is 3.58. The van der Waals surface area contributed by atoms with Gasteiger partial charge in [-0.2, -0.15) is 0 Å². The molecule has 6 heteroatoms. The Labute approximate surface area is 115 Å². The maximum absolute atomic E-state index is 11.9. The molecule has 0 saturated heterocycles. The van der Waals surface area contributed by atoms with Gasteiger partial charge in [-0.1, -0.05) is 23.5 Å². The van der Waals surface area contributed by atoms with Crippen LogP contribution in [0.15, 0.2) is 24.3 Å². The molecule has 5 nitrogen and oxygen atoms in total. The number of aromatic nitrogens is 1. The first-order valence-corrected chi connectivity index (χ1v) is 6.77. The van der Waals surface area contributed by atoms with E-state index in [2.05, 4.69) is 10.3 Å². The number of hydrogen-bond acceptors (Lipinski definition) is 4. The first-order chi connectivity index (χ1) is 8.85. The largest absolute Gasteiger partial charge is 0.389 e. The van der Waals surface area contributed by atoms with E-state index in [0.717, 1.165) is 10.2 Å². The second-order valence-electron chi connectivity index (χ2n) is 5.09. The van der Waals surface area contributed by atoms with Crippen molar-refractivity contribution in [3.05, 3.63) is 24.3 Å². The van der Waals surface area contributed by atoms with Gasteiger partial charge in [-0.3, -0.25) is 5.32 Å². The molecule has 0 radical (unpaired) electrons. The highest BCUT2D eigenvalue weighted by atomic mass is 32.1. The number of nitrogens with one attached hydrogen (secondary N) is 1. The summed E-state index contributed by atoms with van der Waals surface area (Å²) in [5.74, 6) is 0.